The summed E-state index contributed by atoms with van der Waals surface area (Å²) in [5.74, 6) is -0.373. The van der Waals surface area contributed by atoms with Crippen LogP contribution in [0.3, 0.4) is 0 Å². The SMILES string of the molecule is C[N+]1=C(/C=C2\C(=O)C(c3c[nH]c4ccc([N+](=O)[O-])cc34)=C2O)C(C)(C)c2ccccc21. The third-order valence-electron chi connectivity index (χ3n) is 6.33. The maximum atomic E-state index is 13.0. The van der Waals surface area contributed by atoms with E-state index in [-0.39, 0.29) is 33.8 Å². The minimum atomic E-state index is -0.481. The molecule has 1 aromatic heterocycles. The molecule has 2 aliphatic rings. The molecule has 0 saturated carbocycles. The Kier molecular flexibility index (Phi) is 3.83. The number of hydrogen-bond donors (Lipinski definition) is 2. The number of aliphatic hydroxyl groups is 1. The van der Waals surface area contributed by atoms with Crippen LogP contribution in [0.5, 0.6) is 0 Å². The van der Waals surface area contributed by atoms with Crippen LogP contribution in [0.1, 0.15) is 25.0 Å². The van der Waals surface area contributed by atoms with Crippen LogP contribution >= 0.6 is 0 Å². The molecule has 0 fully saturated rings. The van der Waals surface area contributed by atoms with Gasteiger partial charge < -0.3 is 10.1 Å². The predicted molar refractivity (Wildman–Crippen MR) is 118 cm³/mol. The Labute approximate surface area is 177 Å². The maximum Gasteiger partial charge on any atom is 0.270 e. The fraction of sp³-hybridized carbons (Fsp3) is 0.167. The van der Waals surface area contributed by atoms with E-state index in [4.69, 9.17) is 0 Å². The quantitative estimate of drug-likeness (QED) is 0.284. The number of fused-ring (bicyclic) bond motifs is 2. The zero-order chi connectivity index (χ0) is 22.1. The number of carbonyl (C=O) groups is 1. The lowest BCUT2D eigenvalue weighted by Gasteiger charge is -2.22. The van der Waals surface area contributed by atoms with Gasteiger partial charge in [0.25, 0.3) is 5.69 Å². The highest BCUT2D eigenvalue weighted by Gasteiger charge is 2.45. The molecule has 2 N–H and O–H groups in total. The van der Waals surface area contributed by atoms with Crippen molar-refractivity contribution in [3.63, 3.8) is 0 Å². The van der Waals surface area contributed by atoms with Gasteiger partial charge in [-0.1, -0.05) is 18.2 Å². The maximum absolute atomic E-state index is 13.0. The highest BCUT2D eigenvalue weighted by atomic mass is 16.6. The summed E-state index contributed by atoms with van der Waals surface area (Å²) >= 11 is 0. The third kappa shape index (κ3) is 2.53. The Morgan fingerprint density at radius 3 is 2.61 bits per heavy atom. The molecule has 7 heteroatoms. The average Bonchev–Trinajstić information content (AvgIpc) is 3.23. The van der Waals surface area contributed by atoms with E-state index < -0.39 is 4.92 Å². The molecule has 2 aromatic carbocycles. The molecular formula is C24H20N3O4+. The number of benzene rings is 2. The van der Waals surface area contributed by atoms with Crippen molar-refractivity contribution in [2.45, 2.75) is 19.3 Å². The van der Waals surface area contributed by atoms with Crippen molar-refractivity contribution in [1.29, 1.82) is 0 Å². The van der Waals surface area contributed by atoms with E-state index in [1.165, 1.54) is 12.1 Å². The second-order valence-electron chi connectivity index (χ2n) is 8.39. The van der Waals surface area contributed by atoms with Crippen LogP contribution in [-0.2, 0) is 10.2 Å². The van der Waals surface area contributed by atoms with Crippen molar-refractivity contribution in [2.24, 2.45) is 0 Å². The number of allylic oxidation sites excluding steroid dienone is 3. The smallest absolute Gasteiger partial charge is 0.270 e. The third-order valence-corrected chi connectivity index (χ3v) is 6.33. The molecule has 7 nitrogen and oxygen atoms in total. The number of nitro groups is 1. The van der Waals surface area contributed by atoms with Gasteiger partial charge >= 0.3 is 0 Å². The number of aromatic amines is 1. The largest absolute Gasteiger partial charge is 0.506 e. The fourth-order valence-electron chi connectivity index (χ4n) is 4.63. The van der Waals surface area contributed by atoms with E-state index in [1.54, 1.807) is 18.3 Å². The molecule has 0 bridgehead atoms. The van der Waals surface area contributed by atoms with Gasteiger partial charge in [0.2, 0.25) is 11.5 Å². The van der Waals surface area contributed by atoms with Gasteiger partial charge in [0, 0.05) is 52.5 Å². The minimum Gasteiger partial charge on any atom is -0.506 e. The van der Waals surface area contributed by atoms with Gasteiger partial charge in [0.1, 0.15) is 12.8 Å². The van der Waals surface area contributed by atoms with Crippen LogP contribution in [-0.4, -0.2) is 38.1 Å². The highest BCUT2D eigenvalue weighted by molar-refractivity contribution is 6.41. The van der Waals surface area contributed by atoms with Crippen LogP contribution in [0, 0.1) is 10.1 Å². The molecule has 0 radical (unpaired) electrons. The summed E-state index contributed by atoms with van der Waals surface area (Å²) in [6.45, 7) is 4.18. The van der Waals surface area contributed by atoms with E-state index in [9.17, 15) is 20.0 Å². The van der Waals surface area contributed by atoms with Crippen LogP contribution in [0.2, 0.25) is 0 Å². The molecule has 1 aliphatic heterocycles. The van der Waals surface area contributed by atoms with E-state index in [0.717, 1.165) is 17.0 Å². The second-order valence-corrected chi connectivity index (χ2v) is 8.39. The van der Waals surface area contributed by atoms with E-state index in [0.29, 0.717) is 16.5 Å². The number of aliphatic hydroxyl groups excluding tert-OH is 1. The Morgan fingerprint density at radius 1 is 1.19 bits per heavy atom. The summed E-state index contributed by atoms with van der Waals surface area (Å²) in [4.78, 5) is 26.7. The molecule has 2 heterocycles. The lowest BCUT2D eigenvalue weighted by Crippen LogP contribution is -2.30. The molecule has 3 aromatic rings. The second kappa shape index (κ2) is 6.25. The lowest BCUT2D eigenvalue weighted by molar-refractivity contribution is -0.401. The number of nitrogens with one attached hydrogen (secondary N) is 1. The monoisotopic (exact) mass is 414 g/mol. The van der Waals surface area contributed by atoms with Gasteiger partial charge in [-0.15, -0.1) is 0 Å². The molecule has 154 valence electrons. The van der Waals surface area contributed by atoms with Gasteiger partial charge in [-0.05, 0) is 19.9 Å². The van der Waals surface area contributed by atoms with Crippen LogP contribution in [0.15, 0.2) is 66.1 Å². The molecule has 0 spiro atoms. The van der Waals surface area contributed by atoms with Crippen molar-refractivity contribution in [3.05, 3.63) is 87.3 Å². The summed E-state index contributed by atoms with van der Waals surface area (Å²) in [6.07, 6.45) is 3.35. The van der Waals surface area contributed by atoms with Gasteiger partial charge in [-0.25, -0.2) is 0 Å². The summed E-state index contributed by atoms with van der Waals surface area (Å²) < 4.78 is 2.04. The number of rotatable bonds is 3. The van der Waals surface area contributed by atoms with E-state index in [1.807, 2.05) is 29.8 Å². The number of Topliss-reactive ketones (excluding diaryl/α,β-unsaturated/α-hetero) is 1. The number of hydrogen-bond acceptors (Lipinski definition) is 4. The Hall–Kier alpha value is -4.00. The number of aromatic nitrogens is 1. The summed E-state index contributed by atoms with van der Waals surface area (Å²) in [7, 11) is 1.95. The number of nitrogens with zero attached hydrogens (tertiary/aromatic N) is 2. The van der Waals surface area contributed by atoms with E-state index in [2.05, 4.69) is 24.9 Å². The number of ketones is 1. The van der Waals surface area contributed by atoms with Gasteiger partial charge in [-0.2, -0.15) is 4.58 Å². The minimum absolute atomic E-state index is 0.0707. The average molecular weight is 414 g/mol. The first kappa shape index (κ1) is 19.0. The zero-order valence-electron chi connectivity index (χ0n) is 17.3. The first-order chi connectivity index (χ1) is 14.7. The first-order valence-corrected chi connectivity index (χ1v) is 9.88. The molecule has 0 unspecified atom stereocenters. The number of H-pyrrole nitrogens is 1. The Bertz CT molecular complexity index is 1420. The van der Waals surface area contributed by atoms with E-state index >= 15 is 0 Å². The molecule has 0 amide bonds. The molecule has 0 saturated heterocycles. The zero-order valence-corrected chi connectivity index (χ0v) is 17.3. The van der Waals surface area contributed by atoms with Gasteiger partial charge in [0.15, 0.2) is 5.71 Å². The Balaban J connectivity index is 1.61. The number of non-ortho nitro benzene ring substituents is 1. The van der Waals surface area contributed by atoms with Gasteiger partial charge in [-0.3, -0.25) is 14.9 Å². The van der Waals surface area contributed by atoms with Crippen LogP contribution in [0.4, 0.5) is 11.4 Å². The summed E-state index contributed by atoms with van der Waals surface area (Å²) in [5, 5.41) is 22.5. The summed E-state index contributed by atoms with van der Waals surface area (Å²) in [6, 6.07) is 12.5. The summed E-state index contributed by atoms with van der Waals surface area (Å²) in [5.41, 5.74) is 4.29. The number of para-hydroxylation sites is 1. The lowest BCUT2D eigenvalue weighted by atomic mass is 9.77. The van der Waals surface area contributed by atoms with Gasteiger partial charge in [0.05, 0.1) is 21.5 Å². The van der Waals surface area contributed by atoms with Crippen molar-refractivity contribution in [3.8, 4) is 0 Å². The highest BCUT2D eigenvalue weighted by Crippen LogP contribution is 2.43. The first-order valence-electron chi connectivity index (χ1n) is 9.88. The predicted octanol–water partition coefficient (Wildman–Crippen LogP) is 4.56. The standard InChI is InChI=1S/C24H19N3O4/c1-24(2)17-6-4-5-7-19(17)26(3)20(24)11-15-22(28)21(23(15)29)16-12-25-18-9-8-13(27(30)31)10-14(16)18/h4-12H,1-3H3,(H,28,29)/p+1. The number of nitro benzene ring substituents is 1. The molecule has 5 rings (SSSR count). The molecular weight excluding hydrogens is 394 g/mol. The fourth-order valence-corrected chi connectivity index (χ4v) is 4.63. The molecule has 1 aliphatic carbocycles. The van der Waals surface area contributed by atoms with Crippen molar-refractivity contribution in [2.75, 3.05) is 7.05 Å². The van der Waals surface area contributed by atoms with Crippen molar-refractivity contribution >= 4 is 39.3 Å². The Morgan fingerprint density at radius 2 is 1.94 bits per heavy atom. The number of carbonyl (C=O) groups excluding carboxylic acids is 1. The van der Waals surface area contributed by atoms with Crippen LogP contribution < -0.4 is 0 Å². The normalized spacial score (nSPS) is 18.7. The van der Waals surface area contributed by atoms with Crippen LogP contribution in [0.25, 0.3) is 16.5 Å². The molecule has 0 atom stereocenters. The topological polar surface area (TPSA) is 99.2 Å². The van der Waals surface area contributed by atoms with Crippen molar-refractivity contribution in [1.82, 2.24) is 4.98 Å². The molecule has 31 heavy (non-hydrogen) atoms. The van der Waals surface area contributed by atoms with Crippen molar-refractivity contribution < 1.29 is 19.4 Å².